The molecule has 1 atom stereocenters. The first-order chi connectivity index (χ1) is 13.7. The van der Waals surface area contributed by atoms with E-state index < -0.39 is 0 Å². The molecule has 3 heterocycles. The summed E-state index contributed by atoms with van der Waals surface area (Å²) in [5.41, 5.74) is 3.71. The fourth-order valence-corrected chi connectivity index (χ4v) is 4.26. The number of amides is 1. The van der Waals surface area contributed by atoms with Gasteiger partial charge >= 0.3 is 0 Å². The molecule has 2 aliphatic heterocycles. The molecule has 2 fully saturated rings. The molecule has 2 saturated heterocycles. The number of carbonyl (C=O) groups excluding carboxylic acids is 1. The van der Waals surface area contributed by atoms with Crippen LogP contribution in [0.2, 0.25) is 0 Å². The van der Waals surface area contributed by atoms with Gasteiger partial charge in [-0.05, 0) is 68.4 Å². The number of nitrogens with one attached hydrogen (secondary N) is 1. The molecule has 28 heavy (non-hydrogen) atoms. The van der Waals surface area contributed by atoms with E-state index in [0.717, 1.165) is 37.6 Å². The Morgan fingerprint density at radius 2 is 1.71 bits per heavy atom. The van der Waals surface area contributed by atoms with Gasteiger partial charge < -0.3 is 15.1 Å². The van der Waals surface area contributed by atoms with E-state index in [4.69, 9.17) is 0 Å². The van der Waals surface area contributed by atoms with Crippen molar-refractivity contribution in [3.8, 4) is 0 Å². The first-order valence-electron chi connectivity index (χ1n) is 10.6. The van der Waals surface area contributed by atoms with E-state index in [2.05, 4.69) is 39.2 Å². The predicted octanol–water partition coefficient (Wildman–Crippen LogP) is 4.56. The smallest absolute Gasteiger partial charge is 0.257 e. The van der Waals surface area contributed by atoms with Crippen molar-refractivity contribution in [2.24, 2.45) is 5.92 Å². The molecule has 5 heteroatoms. The molecule has 5 nitrogen and oxygen atoms in total. The van der Waals surface area contributed by atoms with E-state index >= 15 is 0 Å². The molecule has 0 saturated carbocycles. The third-order valence-electron chi connectivity index (χ3n) is 5.85. The summed E-state index contributed by atoms with van der Waals surface area (Å²) in [5.74, 6) is 0.579. The SMILES string of the molecule is CC1CCCN(c2cncc(C(=O)Nc3ccc(N4CCCCC4)cc3)c2)C1. The average Bonchev–Trinajstić information content (AvgIpc) is 2.75. The molecule has 2 aromatic rings. The molecule has 148 valence electrons. The lowest BCUT2D eigenvalue weighted by Gasteiger charge is -2.32. The molecule has 4 rings (SSSR count). The average molecular weight is 379 g/mol. The van der Waals surface area contributed by atoms with Crippen LogP contribution < -0.4 is 15.1 Å². The third kappa shape index (κ3) is 4.46. The largest absolute Gasteiger partial charge is 0.372 e. The fourth-order valence-electron chi connectivity index (χ4n) is 4.26. The molecular weight excluding hydrogens is 348 g/mol. The Labute approximate surface area is 167 Å². The lowest BCUT2D eigenvalue weighted by molar-refractivity contribution is 0.102. The monoisotopic (exact) mass is 378 g/mol. The van der Waals surface area contributed by atoms with Crippen LogP contribution in [0.1, 0.15) is 49.4 Å². The van der Waals surface area contributed by atoms with Crippen molar-refractivity contribution in [1.29, 1.82) is 0 Å². The van der Waals surface area contributed by atoms with Gasteiger partial charge in [0.1, 0.15) is 0 Å². The highest BCUT2D eigenvalue weighted by Crippen LogP contribution is 2.24. The standard InChI is InChI=1S/C23H30N4O/c1-18-6-5-13-27(17-18)22-14-19(15-24-16-22)23(28)25-20-7-9-21(10-8-20)26-11-3-2-4-12-26/h7-10,14-16,18H,2-6,11-13,17H2,1H3,(H,25,28). The van der Waals surface area contributed by atoms with Crippen LogP contribution in [-0.2, 0) is 0 Å². The van der Waals surface area contributed by atoms with E-state index in [9.17, 15) is 4.79 Å². The fraction of sp³-hybridized carbons (Fsp3) is 0.478. The van der Waals surface area contributed by atoms with Gasteiger partial charge in [-0.1, -0.05) is 6.92 Å². The maximum Gasteiger partial charge on any atom is 0.257 e. The number of benzene rings is 1. The molecule has 1 unspecified atom stereocenters. The van der Waals surface area contributed by atoms with Crippen molar-refractivity contribution in [3.05, 3.63) is 48.3 Å². The number of anilines is 3. The highest BCUT2D eigenvalue weighted by Gasteiger charge is 2.18. The molecule has 0 spiro atoms. The van der Waals surface area contributed by atoms with Crippen molar-refractivity contribution < 1.29 is 4.79 Å². The van der Waals surface area contributed by atoms with Crippen LogP contribution in [0.15, 0.2) is 42.7 Å². The lowest BCUT2D eigenvalue weighted by atomic mass is 10.00. The minimum Gasteiger partial charge on any atom is -0.372 e. The zero-order valence-electron chi connectivity index (χ0n) is 16.7. The van der Waals surface area contributed by atoms with Gasteiger partial charge in [0.2, 0.25) is 0 Å². The van der Waals surface area contributed by atoms with Crippen LogP contribution in [-0.4, -0.2) is 37.1 Å². The number of pyridine rings is 1. The van der Waals surface area contributed by atoms with Crippen molar-refractivity contribution >= 4 is 23.0 Å². The second-order valence-electron chi connectivity index (χ2n) is 8.17. The highest BCUT2D eigenvalue weighted by atomic mass is 16.1. The number of hydrogen-bond acceptors (Lipinski definition) is 4. The van der Waals surface area contributed by atoms with Gasteiger partial charge in [0.15, 0.2) is 0 Å². The zero-order chi connectivity index (χ0) is 19.3. The summed E-state index contributed by atoms with van der Waals surface area (Å²) >= 11 is 0. The molecular formula is C23H30N4O. The van der Waals surface area contributed by atoms with Crippen LogP contribution in [0.5, 0.6) is 0 Å². The second kappa shape index (κ2) is 8.63. The molecule has 1 aromatic heterocycles. The second-order valence-corrected chi connectivity index (χ2v) is 8.17. The van der Waals surface area contributed by atoms with Gasteiger partial charge in [-0.15, -0.1) is 0 Å². The van der Waals surface area contributed by atoms with E-state index in [-0.39, 0.29) is 5.91 Å². The Hall–Kier alpha value is -2.56. The van der Waals surface area contributed by atoms with Crippen molar-refractivity contribution in [3.63, 3.8) is 0 Å². The zero-order valence-corrected chi connectivity index (χ0v) is 16.7. The van der Waals surface area contributed by atoms with Crippen molar-refractivity contribution in [2.45, 2.75) is 39.0 Å². The van der Waals surface area contributed by atoms with Gasteiger partial charge in [0.25, 0.3) is 5.91 Å². The van der Waals surface area contributed by atoms with Crippen LogP contribution >= 0.6 is 0 Å². The third-order valence-corrected chi connectivity index (χ3v) is 5.85. The summed E-state index contributed by atoms with van der Waals surface area (Å²) in [6, 6.07) is 10.1. The quantitative estimate of drug-likeness (QED) is 0.847. The minimum absolute atomic E-state index is 0.106. The van der Waals surface area contributed by atoms with Crippen LogP contribution in [0.25, 0.3) is 0 Å². The summed E-state index contributed by atoms with van der Waals surface area (Å²) < 4.78 is 0. The number of rotatable bonds is 4. The van der Waals surface area contributed by atoms with Crippen LogP contribution in [0, 0.1) is 5.92 Å². The van der Waals surface area contributed by atoms with Crippen molar-refractivity contribution in [1.82, 2.24) is 4.98 Å². The normalized spacial score (nSPS) is 20.1. The van der Waals surface area contributed by atoms with Gasteiger partial charge in [-0.2, -0.15) is 0 Å². The maximum atomic E-state index is 12.7. The highest BCUT2D eigenvalue weighted by molar-refractivity contribution is 6.04. The number of aromatic nitrogens is 1. The molecule has 0 radical (unpaired) electrons. The first-order valence-corrected chi connectivity index (χ1v) is 10.6. The maximum absolute atomic E-state index is 12.7. The molecule has 0 aliphatic carbocycles. The Morgan fingerprint density at radius 1 is 0.964 bits per heavy atom. The Kier molecular flexibility index (Phi) is 5.79. The van der Waals surface area contributed by atoms with Gasteiger partial charge in [0.05, 0.1) is 17.4 Å². The number of nitrogens with zero attached hydrogens (tertiary/aromatic N) is 3. The molecule has 1 aromatic carbocycles. The van der Waals surface area contributed by atoms with Gasteiger partial charge in [-0.25, -0.2) is 0 Å². The predicted molar refractivity (Wildman–Crippen MR) is 115 cm³/mol. The lowest BCUT2D eigenvalue weighted by Crippen LogP contribution is -2.34. The Bertz CT molecular complexity index is 799. The molecule has 0 bridgehead atoms. The number of carbonyl (C=O) groups is 1. The van der Waals surface area contributed by atoms with E-state index in [1.165, 1.54) is 37.8 Å². The van der Waals surface area contributed by atoms with Crippen LogP contribution in [0.4, 0.5) is 17.1 Å². The molecule has 1 N–H and O–H groups in total. The van der Waals surface area contributed by atoms with Crippen molar-refractivity contribution in [2.75, 3.05) is 41.3 Å². The molecule has 2 aliphatic rings. The minimum atomic E-state index is -0.106. The number of hydrogen-bond donors (Lipinski definition) is 1. The first kappa shape index (κ1) is 18.8. The molecule has 1 amide bonds. The Morgan fingerprint density at radius 3 is 2.46 bits per heavy atom. The summed E-state index contributed by atoms with van der Waals surface area (Å²) in [4.78, 5) is 21.8. The summed E-state index contributed by atoms with van der Waals surface area (Å²) in [5, 5.41) is 3.01. The van der Waals surface area contributed by atoms with Gasteiger partial charge in [0, 0.05) is 43.8 Å². The van der Waals surface area contributed by atoms with Gasteiger partial charge in [-0.3, -0.25) is 9.78 Å². The summed E-state index contributed by atoms with van der Waals surface area (Å²) in [6.45, 7) is 6.60. The summed E-state index contributed by atoms with van der Waals surface area (Å²) in [6.07, 6.45) is 9.83. The summed E-state index contributed by atoms with van der Waals surface area (Å²) in [7, 11) is 0. The van der Waals surface area contributed by atoms with Crippen LogP contribution in [0.3, 0.4) is 0 Å². The topological polar surface area (TPSA) is 48.5 Å². The Balaban J connectivity index is 1.41. The van der Waals surface area contributed by atoms with E-state index in [1.54, 1.807) is 6.20 Å². The number of piperidine rings is 2. The van der Waals surface area contributed by atoms with E-state index in [0.29, 0.717) is 11.5 Å². The van der Waals surface area contributed by atoms with E-state index in [1.807, 2.05) is 24.4 Å².